The molecule has 5 heteroatoms. The van der Waals surface area contributed by atoms with Crippen LogP contribution in [0.2, 0.25) is 0 Å². The molecule has 5 nitrogen and oxygen atoms in total. The summed E-state index contributed by atoms with van der Waals surface area (Å²) in [6.45, 7) is 1.37. The minimum Gasteiger partial charge on any atom is -0.388 e. The summed E-state index contributed by atoms with van der Waals surface area (Å²) in [5, 5.41) is 22.9. The Labute approximate surface area is 164 Å². The molecule has 3 N–H and O–H groups in total. The van der Waals surface area contributed by atoms with Crippen molar-refractivity contribution in [3.8, 4) is 0 Å². The first kappa shape index (κ1) is 19.6. The van der Waals surface area contributed by atoms with Crippen LogP contribution in [0.5, 0.6) is 0 Å². The second-order valence-electron chi connectivity index (χ2n) is 6.55. The Kier molecular flexibility index (Phi) is 6.42. The van der Waals surface area contributed by atoms with Crippen molar-refractivity contribution in [2.75, 3.05) is 11.4 Å². The molecule has 0 heterocycles. The molecular formula is C23H24N2O3. The molecule has 0 spiro atoms. The molecule has 3 aromatic rings. The molecule has 2 atom stereocenters. The molecule has 0 aliphatic heterocycles. The normalized spacial score (nSPS) is 12.8. The standard InChI is InChI=1S/C23H24N2O3/c1-17(26)24-16-22(27)23(28)18-12-14-21(15-13-18)25(19-8-4-2-5-9-19)20-10-6-3-7-11-20/h2-15,22-23,27-28H,16H2,1H3,(H,24,26). The number of nitrogens with one attached hydrogen (secondary N) is 1. The van der Waals surface area contributed by atoms with Gasteiger partial charge in [0.25, 0.3) is 0 Å². The van der Waals surface area contributed by atoms with E-state index in [4.69, 9.17) is 0 Å². The highest BCUT2D eigenvalue weighted by atomic mass is 16.3. The van der Waals surface area contributed by atoms with Crippen LogP contribution in [0, 0.1) is 0 Å². The van der Waals surface area contributed by atoms with Gasteiger partial charge < -0.3 is 20.4 Å². The summed E-state index contributed by atoms with van der Waals surface area (Å²) in [7, 11) is 0. The number of nitrogens with zero attached hydrogens (tertiary/aromatic N) is 1. The fourth-order valence-electron chi connectivity index (χ4n) is 3.00. The minimum absolute atomic E-state index is 0.00158. The average molecular weight is 376 g/mol. The monoisotopic (exact) mass is 376 g/mol. The topological polar surface area (TPSA) is 72.8 Å². The molecule has 0 bridgehead atoms. The first-order valence-electron chi connectivity index (χ1n) is 9.17. The van der Waals surface area contributed by atoms with Gasteiger partial charge in [-0.1, -0.05) is 48.5 Å². The van der Waals surface area contributed by atoms with Crippen molar-refractivity contribution in [2.45, 2.75) is 19.1 Å². The Morgan fingerprint density at radius 3 is 1.75 bits per heavy atom. The van der Waals surface area contributed by atoms with E-state index in [0.717, 1.165) is 17.1 Å². The Bertz CT molecular complexity index is 843. The third-order valence-corrected chi connectivity index (χ3v) is 4.45. The number of aliphatic hydroxyl groups is 2. The van der Waals surface area contributed by atoms with Gasteiger partial charge in [-0.15, -0.1) is 0 Å². The number of para-hydroxylation sites is 2. The molecule has 144 valence electrons. The summed E-state index contributed by atoms with van der Waals surface area (Å²) in [6.07, 6.45) is -2.16. The maximum atomic E-state index is 11.0. The van der Waals surface area contributed by atoms with Gasteiger partial charge >= 0.3 is 0 Å². The molecule has 2 unspecified atom stereocenters. The molecule has 0 radical (unpaired) electrons. The van der Waals surface area contributed by atoms with Crippen LogP contribution in [0.3, 0.4) is 0 Å². The molecule has 0 aromatic heterocycles. The number of carbonyl (C=O) groups excluding carboxylic acids is 1. The van der Waals surface area contributed by atoms with Crippen molar-refractivity contribution in [1.82, 2.24) is 5.32 Å². The van der Waals surface area contributed by atoms with Crippen LogP contribution in [0.1, 0.15) is 18.6 Å². The highest BCUT2D eigenvalue weighted by Gasteiger charge is 2.19. The predicted octanol–water partition coefficient (Wildman–Crippen LogP) is 3.69. The van der Waals surface area contributed by atoms with E-state index in [9.17, 15) is 15.0 Å². The molecule has 0 saturated carbocycles. The van der Waals surface area contributed by atoms with Crippen LogP contribution < -0.4 is 10.2 Å². The molecule has 0 fully saturated rings. The molecule has 28 heavy (non-hydrogen) atoms. The molecule has 0 aliphatic rings. The van der Waals surface area contributed by atoms with Crippen molar-refractivity contribution in [3.05, 3.63) is 90.5 Å². The average Bonchev–Trinajstić information content (AvgIpc) is 2.74. The molecule has 3 aromatic carbocycles. The van der Waals surface area contributed by atoms with Gasteiger partial charge in [-0.25, -0.2) is 0 Å². The largest absolute Gasteiger partial charge is 0.388 e. The summed E-state index contributed by atoms with van der Waals surface area (Å²) in [6, 6.07) is 27.4. The minimum atomic E-state index is -1.08. The van der Waals surface area contributed by atoms with Gasteiger partial charge in [0, 0.05) is 30.5 Å². The summed E-state index contributed by atoms with van der Waals surface area (Å²) < 4.78 is 0. The predicted molar refractivity (Wildman–Crippen MR) is 111 cm³/mol. The van der Waals surface area contributed by atoms with Crippen LogP contribution in [-0.2, 0) is 4.79 Å². The van der Waals surface area contributed by atoms with Crippen molar-refractivity contribution in [3.63, 3.8) is 0 Å². The van der Waals surface area contributed by atoms with Gasteiger partial charge in [0.2, 0.25) is 5.91 Å². The van der Waals surface area contributed by atoms with E-state index in [-0.39, 0.29) is 12.5 Å². The number of hydrogen-bond donors (Lipinski definition) is 3. The van der Waals surface area contributed by atoms with Crippen molar-refractivity contribution < 1.29 is 15.0 Å². The lowest BCUT2D eigenvalue weighted by atomic mass is 10.0. The number of hydrogen-bond acceptors (Lipinski definition) is 4. The van der Waals surface area contributed by atoms with E-state index in [1.54, 1.807) is 12.1 Å². The number of benzene rings is 3. The highest BCUT2D eigenvalue weighted by molar-refractivity contribution is 5.76. The summed E-state index contributed by atoms with van der Waals surface area (Å²) >= 11 is 0. The number of anilines is 3. The van der Waals surface area contributed by atoms with E-state index in [0.29, 0.717) is 5.56 Å². The highest BCUT2D eigenvalue weighted by Crippen LogP contribution is 2.34. The maximum Gasteiger partial charge on any atom is 0.216 e. The second-order valence-corrected chi connectivity index (χ2v) is 6.55. The lowest BCUT2D eigenvalue weighted by Crippen LogP contribution is -2.34. The van der Waals surface area contributed by atoms with Crippen LogP contribution in [0.4, 0.5) is 17.1 Å². The van der Waals surface area contributed by atoms with Gasteiger partial charge in [-0.2, -0.15) is 0 Å². The van der Waals surface area contributed by atoms with Gasteiger partial charge in [-0.3, -0.25) is 4.79 Å². The van der Waals surface area contributed by atoms with Crippen molar-refractivity contribution in [2.24, 2.45) is 0 Å². The number of amides is 1. The number of aliphatic hydroxyl groups excluding tert-OH is 2. The Hall–Kier alpha value is -3.15. The van der Waals surface area contributed by atoms with Crippen LogP contribution >= 0.6 is 0 Å². The zero-order valence-electron chi connectivity index (χ0n) is 15.7. The molecular weight excluding hydrogens is 352 g/mol. The van der Waals surface area contributed by atoms with Gasteiger partial charge in [0.05, 0.1) is 0 Å². The summed E-state index contributed by atoms with van der Waals surface area (Å²) in [5.74, 6) is -0.247. The lowest BCUT2D eigenvalue weighted by Gasteiger charge is -2.26. The fraction of sp³-hybridized carbons (Fsp3) is 0.174. The molecule has 1 amide bonds. The van der Waals surface area contributed by atoms with E-state index in [1.165, 1.54) is 6.92 Å². The van der Waals surface area contributed by atoms with Gasteiger partial charge in [0.15, 0.2) is 0 Å². The number of rotatable bonds is 7. The van der Waals surface area contributed by atoms with Gasteiger partial charge in [0.1, 0.15) is 12.2 Å². The van der Waals surface area contributed by atoms with E-state index < -0.39 is 12.2 Å². The van der Waals surface area contributed by atoms with Crippen molar-refractivity contribution >= 4 is 23.0 Å². The fourth-order valence-corrected chi connectivity index (χ4v) is 3.00. The smallest absolute Gasteiger partial charge is 0.216 e. The van der Waals surface area contributed by atoms with Crippen LogP contribution in [-0.4, -0.2) is 28.8 Å². The maximum absolute atomic E-state index is 11.0. The van der Waals surface area contributed by atoms with Gasteiger partial charge in [-0.05, 0) is 42.0 Å². The van der Waals surface area contributed by atoms with E-state index in [1.807, 2.05) is 72.8 Å². The Morgan fingerprint density at radius 1 is 0.821 bits per heavy atom. The molecule has 0 saturated heterocycles. The third kappa shape index (κ3) is 4.76. The Morgan fingerprint density at radius 2 is 1.29 bits per heavy atom. The number of carbonyl (C=O) groups is 1. The Balaban J connectivity index is 1.86. The van der Waals surface area contributed by atoms with Crippen LogP contribution in [0.25, 0.3) is 0 Å². The quantitative estimate of drug-likeness (QED) is 0.588. The lowest BCUT2D eigenvalue weighted by molar-refractivity contribution is -0.119. The SMILES string of the molecule is CC(=O)NCC(O)C(O)c1ccc(N(c2ccccc2)c2ccccc2)cc1. The molecule has 0 aliphatic carbocycles. The zero-order valence-corrected chi connectivity index (χ0v) is 15.7. The van der Waals surface area contributed by atoms with E-state index in [2.05, 4.69) is 10.2 Å². The molecule has 3 rings (SSSR count). The summed E-state index contributed by atoms with van der Waals surface area (Å²) in [4.78, 5) is 13.1. The van der Waals surface area contributed by atoms with E-state index >= 15 is 0 Å². The second kappa shape index (κ2) is 9.17. The van der Waals surface area contributed by atoms with Crippen LogP contribution in [0.15, 0.2) is 84.9 Å². The summed E-state index contributed by atoms with van der Waals surface area (Å²) in [5.41, 5.74) is 3.56. The zero-order chi connectivity index (χ0) is 19.9. The van der Waals surface area contributed by atoms with Crippen molar-refractivity contribution in [1.29, 1.82) is 0 Å². The first-order valence-corrected chi connectivity index (χ1v) is 9.17. The first-order chi connectivity index (χ1) is 13.6. The third-order valence-electron chi connectivity index (χ3n) is 4.45.